The van der Waals surface area contributed by atoms with Crippen LogP contribution in [0.3, 0.4) is 0 Å². The zero-order valence-corrected chi connectivity index (χ0v) is 17.4. The summed E-state index contributed by atoms with van der Waals surface area (Å²) in [5, 5.41) is 3.16. The molecule has 0 radical (unpaired) electrons. The average molecular weight is 399 g/mol. The number of benzene rings is 1. The van der Waals surface area contributed by atoms with Crippen molar-refractivity contribution in [1.29, 1.82) is 0 Å². The van der Waals surface area contributed by atoms with Crippen LogP contribution in [0.1, 0.15) is 44.8 Å². The third-order valence-corrected chi connectivity index (χ3v) is 6.21. The Balaban J connectivity index is 1.39. The number of rotatable bonds is 5. The van der Waals surface area contributed by atoms with E-state index in [0.29, 0.717) is 25.2 Å². The van der Waals surface area contributed by atoms with E-state index in [9.17, 15) is 4.79 Å². The molecule has 2 aromatic rings. The highest BCUT2D eigenvalue weighted by Crippen LogP contribution is 2.33. The fraction of sp³-hybridized carbons (Fsp3) is 0.545. The fourth-order valence-corrected chi connectivity index (χ4v) is 4.19. The van der Waals surface area contributed by atoms with E-state index in [1.54, 1.807) is 0 Å². The van der Waals surface area contributed by atoms with E-state index in [-0.39, 0.29) is 18.0 Å². The van der Waals surface area contributed by atoms with Crippen molar-refractivity contribution in [3.05, 3.63) is 42.5 Å². The van der Waals surface area contributed by atoms with E-state index in [4.69, 9.17) is 9.47 Å². The molecule has 1 fully saturated rings. The molecule has 3 heterocycles. The first-order chi connectivity index (χ1) is 14.0. The van der Waals surface area contributed by atoms with E-state index < -0.39 is 0 Å². The Labute approximate surface area is 172 Å². The van der Waals surface area contributed by atoms with Crippen molar-refractivity contribution in [3.63, 3.8) is 0 Å². The lowest BCUT2D eigenvalue weighted by Crippen LogP contribution is -2.51. The highest BCUT2D eigenvalue weighted by atomic mass is 16.6. The lowest BCUT2D eigenvalue weighted by Gasteiger charge is -2.40. The number of carbonyl (C=O) groups excluding carboxylic acids is 1. The van der Waals surface area contributed by atoms with Gasteiger partial charge < -0.3 is 19.4 Å². The van der Waals surface area contributed by atoms with Gasteiger partial charge in [0.2, 0.25) is 5.91 Å². The number of carbonyl (C=O) groups is 1. The molecular weight excluding hydrogens is 368 g/mol. The van der Waals surface area contributed by atoms with Gasteiger partial charge in [-0.1, -0.05) is 13.0 Å². The number of piperidine rings is 1. The summed E-state index contributed by atoms with van der Waals surface area (Å²) in [4.78, 5) is 19.4. The molecule has 156 valence electrons. The monoisotopic (exact) mass is 398 g/mol. The minimum Gasteiger partial charge on any atom is -0.486 e. The first-order valence-electron chi connectivity index (χ1n) is 10.4. The highest BCUT2D eigenvalue weighted by Gasteiger charge is 2.32. The number of likely N-dealkylation sites (tertiary alicyclic amines) is 1. The number of nitrogens with one attached hydrogen (secondary N) is 1. The third-order valence-electron chi connectivity index (χ3n) is 6.21. The molecule has 4 rings (SSSR count). The van der Waals surface area contributed by atoms with Gasteiger partial charge in [0.15, 0.2) is 11.5 Å². The standard InChI is InChI=1S/C22H30N4O3/c1-15-6-8-25(13-19(15)26-9-7-23-14-26)17(3)22(27)24-16(2)18-4-5-20-21(12-18)29-11-10-28-20/h4-5,7,9,12,14-17,19H,6,8,10-11,13H2,1-3H3,(H,24,27). The zero-order valence-electron chi connectivity index (χ0n) is 17.4. The number of hydrogen-bond donors (Lipinski definition) is 1. The number of nitrogens with zero attached hydrogens (tertiary/aromatic N) is 3. The van der Waals surface area contributed by atoms with Crippen molar-refractivity contribution in [1.82, 2.24) is 19.8 Å². The van der Waals surface area contributed by atoms with Crippen molar-refractivity contribution in [2.45, 2.75) is 45.3 Å². The van der Waals surface area contributed by atoms with Crippen molar-refractivity contribution in [2.24, 2.45) is 5.92 Å². The second-order valence-corrected chi connectivity index (χ2v) is 8.15. The van der Waals surface area contributed by atoms with Crippen LogP contribution in [0.4, 0.5) is 0 Å². The number of fused-ring (bicyclic) bond motifs is 1. The van der Waals surface area contributed by atoms with E-state index in [1.807, 2.05) is 50.8 Å². The summed E-state index contributed by atoms with van der Waals surface area (Å²) in [5.41, 5.74) is 1.01. The van der Waals surface area contributed by atoms with Gasteiger partial charge in [-0.05, 0) is 50.4 Å². The summed E-state index contributed by atoms with van der Waals surface area (Å²) in [6.07, 6.45) is 6.77. The molecular formula is C22H30N4O3. The molecule has 7 nitrogen and oxygen atoms in total. The van der Waals surface area contributed by atoms with Crippen LogP contribution in [0.2, 0.25) is 0 Å². The molecule has 0 saturated carbocycles. The van der Waals surface area contributed by atoms with Crippen molar-refractivity contribution < 1.29 is 14.3 Å². The largest absolute Gasteiger partial charge is 0.486 e. The quantitative estimate of drug-likeness (QED) is 0.839. The van der Waals surface area contributed by atoms with Gasteiger partial charge in [-0.15, -0.1) is 0 Å². The van der Waals surface area contributed by atoms with E-state index >= 15 is 0 Å². The maximum absolute atomic E-state index is 13.0. The summed E-state index contributed by atoms with van der Waals surface area (Å²) >= 11 is 0. The van der Waals surface area contributed by atoms with Crippen molar-refractivity contribution in [3.8, 4) is 11.5 Å². The Morgan fingerprint density at radius 1 is 1.24 bits per heavy atom. The molecule has 1 saturated heterocycles. The lowest BCUT2D eigenvalue weighted by atomic mass is 9.92. The molecule has 1 N–H and O–H groups in total. The number of imidazole rings is 1. The molecule has 29 heavy (non-hydrogen) atoms. The molecule has 1 aromatic carbocycles. The molecule has 2 aliphatic heterocycles. The van der Waals surface area contributed by atoms with Gasteiger partial charge in [-0.25, -0.2) is 4.98 Å². The van der Waals surface area contributed by atoms with Crippen molar-refractivity contribution in [2.75, 3.05) is 26.3 Å². The number of aromatic nitrogens is 2. The maximum atomic E-state index is 13.0. The molecule has 4 unspecified atom stereocenters. The van der Waals surface area contributed by atoms with Crippen LogP contribution < -0.4 is 14.8 Å². The maximum Gasteiger partial charge on any atom is 0.237 e. The van der Waals surface area contributed by atoms with Gasteiger partial charge in [0.25, 0.3) is 0 Å². The van der Waals surface area contributed by atoms with Gasteiger partial charge in [-0.2, -0.15) is 0 Å². The van der Waals surface area contributed by atoms with Gasteiger partial charge >= 0.3 is 0 Å². The van der Waals surface area contributed by atoms with Crippen LogP contribution >= 0.6 is 0 Å². The van der Waals surface area contributed by atoms with E-state index in [1.165, 1.54) is 0 Å². The second kappa shape index (κ2) is 8.45. The Morgan fingerprint density at radius 2 is 2.03 bits per heavy atom. The normalized spacial score (nSPS) is 24.0. The van der Waals surface area contributed by atoms with Crippen LogP contribution in [-0.4, -0.2) is 52.7 Å². The molecule has 1 aromatic heterocycles. The van der Waals surface area contributed by atoms with Crippen LogP contribution in [0.5, 0.6) is 11.5 Å². The fourth-order valence-electron chi connectivity index (χ4n) is 4.19. The summed E-state index contributed by atoms with van der Waals surface area (Å²) in [7, 11) is 0. The number of ether oxygens (including phenoxy) is 2. The zero-order chi connectivity index (χ0) is 20.4. The average Bonchev–Trinajstić information content (AvgIpc) is 3.27. The van der Waals surface area contributed by atoms with Gasteiger partial charge in [0, 0.05) is 25.0 Å². The first-order valence-corrected chi connectivity index (χ1v) is 10.4. The van der Waals surface area contributed by atoms with Crippen molar-refractivity contribution >= 4 is 5.91 Å². The Hall–Kier alpha value is -2.54. The summed E-state index contributed by atoms with van der Waals surface area (Å²) in [5.74, 6) is 2.12. The Bertz CT molecular complexity index is 839. The summed E-state index contributed by atoms with van der Waals surface area (Å²) in [6.45, 7) is 9.18. The predicted molar refractivity (Wildman–Crippen MR) is 110 cm³/mol. The molecule has 2 aliphatic rings. The molecule has 0 bridgehead atoms. The first kappa shape index (κ1) is 19.8. The van der Waals surface area contributed by atoms with Gasteiger partial charge in [0.1, 0.15) is 13.2 Å². The highest BCUT2D eigenvalue weighted by molar-refractivity contribution is 5.81. The molecule has 0 spiro atoms. The third kappa shape index (κ3) is 4.24. The number of hydrogen-bond acceptors (Lipinski definition) is 5. The van der Waals surface area contributed by atoms with E-state index in [2.05, 4.69) is 26.7 Å². The van der Waals surface area contributed by atoms with Crippen LogP contribution in [0, 0.1) is 5.92 Å². The Morgan fingerprint density at radius 3 is 2.79 bits per heavy atom. The SMILES string of the molecule is CC(NC(=O)C(C)N1CCC(C)C(n2ccnc2)C1)c1ccc2c(c1)OCCO2. The molecule has 4 atom stereocenters. The lowest BCUT2D eigenvalue weighted by molar-refractivity contribution is -0.127. The minimum absolute atomic E-state index is 0.0475. The van der Waals surface area contributed by atoms with Gasteiger partial charge in [0.05, 0.1) is 18.4 Å². The smallest absolute Gasteiger partial charge is 0.237 e. The van der Waals surface area contributed by atoms with Crippen LogP contribution in [0.25, 0.3) is 0 Å². The molecule has 7 heteroatoms. The van der Waals surface area contributed by atoms with Crippen LogP contribution in [-0.2, 0) is 4.79 Å². The summed E-state index contributed by atoms with van der Waals surface area (Å²) in [6, 6.07) is 5.92. The second-order valence-electron chi connectivity index (χ2n) is 8.15. The Kier molecular flexibility index (Phi) is 5.76. The topological polar surface area (TPSA) is 68.6 Å². The molecule has 0 aliphatic carbocycles. The predicted octanol–water partition coefficient (Wildman–Crippen LogP) is 2.80. The van der Waals surface area contributed by atoms with Crippen LogP contribution in [0.15, 0.2) is 36.9 Å². The van der Waals surface area contributed by atoms with E-state index in [0.717, 1.165) is 36.6 Å². The van der Waals surface area contributed by atoms with Gasteiger partial charge in [-0.3, -0.25) is 9.69 Å². The summed E-state index contributed by atoms with van der Waals surface area (Å²) < 4.78 is 13.4. The molecule has 1 amide bonds. The number of amides is 1. The minimum atomic E-state index is -0.187.